The lowest BCUT2D eigenvalue weighted by Crippen LogP contribution is -2.53. The highest BCUT2D eigenvalue weighted by Crippen LogP contribution is 2.38. The summed E-state index contributed by atoms with van der Waals surface area (Å²) >= 11 is 0. The van der Waals surface area contributed by atoms with Gasteiger partial charge in [-0.2, -0.15) is 0 Å². The van der Waals surface area contributed by atoms with Crippen LogP contribution in [0, 0.1) is 11.3 Å². The molecule has 2 rings (SSSR count). The Morgan fingerprint density at radius 2 is 1.94 bits per heavy atom. The molecular formula is C15H19NO2. The molecule has 96 valence electrons. The number of carbonyl (C=O) groups excluding carboxylic acids is 2. The van der Waals surface area contributed by atoms with Crippen LogP contribution in [0.2, 0.25) is 0 Å². The third-order valence-corrected chi connectivity index (χ3v) is 3.87. The van der Waals surface area contributed by atoms with Crippen molar-refractivity contribution in [1.29, 1.82) is 0 Å². The summed E-state index contributed by atoms with van der Waals surface area (Å²) in [6, 6.07) is 9.12. The molecule has 0 bridgehead atoms. The minimum Gasteiger partial charge on any atom is -0.355 e. The fraction of sp³-hybridized carbons (Fsp3) is 0.467. The highest BCUT2D eigenvalue weighted by Gasteiger charge is 2.49. The van der Waals surface area contributed by atoms with Crippen molar-refractivity contribution in [1.82, 2.24) is 5.32 Å². The first-order valence-electron chi connectivity index (χ1n) is 6.47. The quantitative estimate of drug-likeness (QED) is 0.656. The van der Waals surface area contributed by atoms with Crippen molar-refractivity contribution in [2.75, 3.05) is 6.54 Å². The number of Topliss-reactive ketones (excluding diaryl/α,β-unsaturated/α-hetero) is 1. The third-order valence-electron chi connectivity index (χ3n) is 3.87. The molecule has 1 fully saturated rings. The minimum atomic E-state index is -0.889. The Morgan fingerprint density at radius 1 is 1.28 bits per heavy atom. The minimum absolute atomic E-state index is 0.00510. The maximum absolute atomic E-state index is 12.7. The first-order chi connectivity index (χ1) is 8.59. The molecule has 1 aliphatic heterocycles. The smallest absolute Gasteiger partial charge is 0.234 e. The van der Waals surface area contributed by atoms with Gasteiger partial charge in [0, 0.05) is 12.1 Å². The van der Waals surface area contributed by atoms with Gasteiger partial charge < -0.3 is 5.32 Å². The number of rotatable bonds is 3. The van der Waals surface area contributed by atoms with Gasteiger partial charge >= 0.3 is 0 Å². The summed E-state index contributed by atoms with van der Waals surface area (Å²) in [5.74, 6) is -0.154. The van der Waals surface area contributed by atoms with Crippen LogP contribution < -0.4 is 5.32 Å². The molecule has 1 saturated heterocycles. The third kappa shape index (κ3) is 1.94. The molecule has 1 aromatic carbocycles. The van der Waals surface area contributed by atoms with Crippen LogP contribution >= 0.6 is 0 Å². The number of ketones is 1. The molecule has 0 aliphatic carbocycles. The Balaban J connectivity index is 2.42. The molecule has 1 N–H and O–H groups in total. The number of hydrogen-bond acceptors (Lipinski definition) is 2. The van der Waals surface area contributed by atoms with Crippen LogP contribution in [0.5, 0.6) is 0 Å². The normalized spacial score (nSPS) is 23.8. The standard InChI is InChI=1S/C15H19NO2/c1-11(2)15(9-6-10-16-14(15)18)13(17)12-7-4-3-5-8-12/h3-5,7-8,11H,6,9-10H2,1-2H3,(H,16,18). The first kappa shape index (κ1) is 12.8. The number of amides is 1. The van der Waals surface area contributed by atoms with Gasteiger partial charge in [-0.25, -0.2) is 0 Å². The number of piperidine rings is 1. The number of carbonyl (C=O) groups is 2. The molecule has 1 amide bonds. The highest BCUT2D eigenvalue weighted by atomic mass is 16.2. The predicted molar refractivity (Wildman–Crippen MR) is 70.3 cm³/mol. The van der Waals surface area contributed by atoms with E-state index >= 15 is 0 Å². The van der Waals surface area contributed by atoms with E-state index in [1.807, 2.05) is 32.0 Å². The molecule has 0 radical (unpaired) electrons. The van der Waals surface area contributed by atoms with E-state index in [1.165, 1.54) is 0 Å². The average Bonchev–Trinajstić information content (AvgIpc) is 2.39. The maximum atomic E-state index is 12.7. The molecule has 3 heteroatoms. The Morgan fingerprint density at radius 3 is 2.50 bits per heavy atom. The summed E-state index contributed by atoms with van der Waals surface area (Å²) in [4.78, 5) is 25.0. The van der Waals surface area contributed by atoms with Crippen molar-refractivity contribution in [3.05, 3.63) is 35.9 Å². The summed E-state index contributed by atoms with van der Waals surface area (Å²) in [5, 5.41) is 2.85. The molecule has 0 saturated carbocycles. The van der Waals surface area contributed by atoms with Crippen LogP contribution in [0.4, 0.5) is 0 Å². The van der Waals surface area contributed by atoms with E-state index in [-0.39, 0.29) is 17.6 Å². The van der Waals surface area contributed by atoms with E-state index in [2.05, 4.69) is 5.32 Å². The van der Waals surface area contributed by atoms with Gasteiger partial charge in [0.1, 0.15) is 5.41 Å². The van der Waals surface area contributed by atoms with Crippen molar-refractivity contribution in [2.24, 2.45) is 11.3 Å². The average molecular weight is 245 g/mol. The molecule has 0 spiro atoms. The molecule has 1 atom stereocenters. The molecule has 1 aliphatic rings. The van der Waals surface area contributed by atoms with Crippen LogP contribution in [0.25, 0.3) is 0 Å². The Hall–Kier alpha value is -1.64. The Bertz CT molecular complexity index is 453. The van der Waals surface area contributed by atoms with E-state index < -0.39 is 5.41 Å². The molecule has 3 nitrogen and oxygen atoms in total. The highest BCUT2D eigenvalue weighted by molar-refractivity contribution is 6.14. The van der Waals surface area contributed by atoms with Crippen molar-refractivity contribution >= 4 is 11.7 Å². The number of hydrogen-bond donors (Lipinski definition) is 1. The van der Waals surface area contributed by atoms with Gasteiger partial charge in [0.2, 0.25) is 5.91 Å². The molecule has 1 aromatic rings. The van der Waals surface area contributed by atoms with E-state index in [0.717, 1.165) is 6.42 Å². The summed E-state index contributed by atoms with van der Waals surface area (Å²) in [7, 11) is 0. The van der Waals surface area contributed by atoms with Crippen molar-refractivity contribution in [3.63, 3.8) is 0 Å². The fourth-order valence-corrected chi connectivity index (χ4v) is 2.72. The predicted octanol–water partition coefficient (Wildman–Crippen LogP) is 2.42. The SMILES string of the molecule is CC(C)C1(C(=O)c2ccccc2)CCCNC1=O. The van der Waals surface area contributed by atoms with Gasteiger partial charge in [-0.1, -0.05) is 44.2 Å². The second-order valence-corrected chi connectivity index (χ2v) is 5.18. The van der Waals surface area contributed by atoms with Crippen molar-refractivity contribution in [2.45, 2.75) is 26.7 Å². The maximum Gasteiger partial charge on any atom is 0.234 e. The van der Waals surface area contributed by atoms with Gasteiger partial charge in [-0.3, -0.25) is 9.59 Å². The summed E-state index contributed by atoms with van der Waals surface area (Å²) < 4.78 is 0. The van der Waals surface area contributed by atoms with Crippen molar-refractivity contribution < 1.29 is 9.59 Å². The zero-order valence-electron chi connectivity index (χ0n) is 10.9. The van der Waals surface area contributed by atoms with Gasteiger partial charge in [0.25, 0.3) is 0 Å². The number of nitrogens with one attached hydrogen (secondary N) is 1. The topological polar surface area (TPSA) is 46.2 Å². The van der Waals surface area contributed by atoms with E-state index in [4.69, 9.17) is 0 Å². The first-order valence-corrected chi connectivity index (χ1v) is 6.47. The molecule has 1 unspecified atom stereocenters. The van der Waals surface area contributed by atoms with Crippen LogP contribution in [0.3, 0.4) is 0 Å². The van der Waals surface area contributed by atoms with Gasteiger partial charge in [-0.15, -0.1) is 0 Å². The van der Waals surface area contributed by atoms with Gasteiger partial charge in [0.15, 0.2) is 5.78 Å². The molecular weight excluding hydrogens is 226 g/mol. The lowest BCUT2D eigenvalue weighted by atomic mass is 9.66. The van der Waals surface area contributed by atoms with E-state index in [1.54, 1.807) is 12.1 Å². The van der Waals surface area contributed by atoms with Crippen LogP contribution in [0.15, 0.2) is 30.3 Å². The Kier molecular flexibility index (Phi) is 3.50. The molecule has 18 heavy (non-hydrogen) atoms. The summed E-state index contributed by atoms with van der Waals surface area (Å²) in [6.45, 7) is 4.58. The molecule has 1 heterocycles. The largest absolute Gasteiger partial charge is 0.355 e. The molecule has 0 aromatic heterocycles. The van der Waals surface area contributed by atoms with Gasteiger partial charge in [-0.05, 0) is 18.8 Å². The Labute approximate surface area is 108 Å². The zero-order chi connectivity index (χ0) is 13.2. The fourth-order valence-electron chi connectivity index (χ4n) is 2.72. The summed E-state index contributed by atoms with van der Waals surface area (Å²) in [5.41, 5.74) is -0.261. The van der Waals surface area contributed by atoms with Crippen LogP contribution in [-0.2, 0) is 4.79 Å². The van der Waals surface area contributed by atoms with E-state index in [0.29, 0.717) is 18.5 Å². The second kappa shape index (κ2) is 4.92. The van der Waals surface area contributed by atoms with Crippen LogP contribution in [0.1, 0.15) is 37.0 Å². The van der Waals surface area contributed by atoms with Crippen molar-refractivity contribution in [3.8, 4) is 0 Å². The lowest BCUT2D eigenvalue weighted by molar-refractivity contribution is -0.132. The van der Waals surface area contributed by atoms with Gasteiger partial charge in [0.05, 0.1) is 0 Å². The second-order valence-electron chi connectivity index (χ2n) is 5.18. The lowest BCUT2D eigenvalue weighted by Gasteiger charge is -2.38. The van der Waals surface area contributed by atoms with E-state index in [9.17, 15) is 9.59 Å². The monoisotopic (exact) mass is 245 g/mol. The van der Waals surface area contributed by atoms with Crippen LogP contribution in [-0.4, -0.2) is 18.2 Å². The zero-order valence-corrected chi connectivity index (χ0v) is 10.9. The number of benzene rings is 1. The summed E-state index contributed by atoms with van der Waals surface area (Å²) in [6.07, 6.45) is 1.51.